The number of unbranched alkanes of at least 4 members (excludes halogenated alkanes) is 1. The lowest BCUT2D eigenvalue weighted by Crippen LogP contribution is -2.06. The van der Waals surface area contributed by atoms with E-state index in [2.05, 4.69) is 6.92 Å². The summed E-state index contributed by atoms with van der Waals surface area (Å²) in [7, 11) is 0. The van der Waals surface area contributed by atoms with E-state index in [9.17, 15) is 9.90 Å². The number of benzene rings is 1. The maximum Gasteiger partial charge on any atom is 0.336 e. The van der Waals surface area contributed by atoms with Crippen molar-refractivity contribution in [3.05, 3.63) is 35.4 Å². The van der Waals surface area contributed by atoms with Gasteiger partial charge in [0, 0.05) is 6.04 Å². The smallest absolute Gasteiger partial charge is 0.336 e. The van der Waals surface area contributed by atoms with E-state index in [-0.39, 0.29) is 5.56 Å². The third kappa shape index (κ3) is 5.31. The van der Waals surface area contributed by atoms with Crippen molar-refractivity contribution < 1.29 is 15.0 Å². The van der Waals surface area contributed by atoms with E-state index in [0.717, 1.165) is 18.8 Å². The van der Waals surface area contributed by atoms with E-state index in [1.54, 1.807) is 18.2 Å². The highest BCUT2D eigenvalue weighted by Gasteiger charge is 2.27. The van der Waals surface area contributed by atoms with Crippen molar-refractivity contribution in [1.29, 1.82) is 0 Å². The molecule has 1 aliphatic carbocycles. The second kappa shape index (κ2) is 8.02. The van der Waals surface area contributed by atoms with E-state index >= 15 is 0 Å². The number of aliphatic hydroxyl groups is 1. The van der Waals surface area contributed by atoms with Crippen molar-refractivity contribution in [2.45, 2.75) is 51.7 Å². The van der Waals surface area contributed by atoms with E-state index in [1.807, 2.05) is 6.92 Å². The maximum atomic E-state index is 10.9. The first-order valence-electron chi connectivity index (χ1n) is 7.23. The van der Waals surface area contributed by atoms with Crippen LogP contribution in [0.15, 0.2) is 24.3 Å². The Morgan fingerprint density at radius 1 is 1.45 bits per heavy atom. The molecule has 4 heteroatoms. The molecule has 112 valence electrons. The Morgan fingerprint density at radius 2 is 2.00 bits per heavy atom. The Labute approximate surface area is 120 Å². The molecule has 1 fully saturated rings. The average molecular weight is 279 g/mol. The van der Waals surface area contributed by atoms with Gasteiger partial charge in [0.1, 0.15) is 0 Å². The molecule has 1 aliphatic rings. The van der Waals surface area contributed by atoms with Crippen molar-refractivity contribution in [3.63, 3.8) is 0 Å². The van der Waals surface area contributed by atoms with Gasteiger partial charge in [-0.25, -0.2) is 4.79 Å². The lowest BCUT2D eigenvalue weighted by Gasteiger charge is -2.12. The number of carboxylic acid groups (broad SMARTS) is 1. The quantitative estimate of drug-likeness (QED) is 0.773. The zero-order chi connectivity index (χ0) is 15.1. The summed E-state index contributed by atoms with van der Waals surface area (Å²) in [5.41, 5.74) is 6.07. The zero-order valence-corrected chi connectivity index (χ0v) is 12.2. The molecule has 0 amide bonds. The fourth-order valence-corrected chi connectivity index (χ4v) is 1.89. The first-order valence-corrected chi connectivity index (χ1v) is 7.23. The SMILES string of the molecule is CC1CC1N.CCCCC(O)c1ccccc1C(=O)O. The van der Waals surface area contributed by atoms with Crippen LogP contribution in [0.25, 0.3) is 0 Å². The van der Waals surface area contributed by atoms with Gasteiger partial charge >= 0.3 is 5.97 Å². The molecule has 3 unspecified atom stereocenters. The molecule has 1 aromatic carbocycles. The van der Waals surface area contributed by atoms with E-state index in [4.69, 9.17) is 10.8 Å². The number of nitrogens with two attached hydrogens (primary N) is 1. The van der Waals surface area contributed by atoms with Crippen LogP contribution in [0.2, 0.25) is 0 Å². The number of aliphatic hydroxyl groups excluding tert-OH is 1. The van der Waals surface area contributed by atoms with Gasteiger partial charge in [0.2, 0.25) is 0 Å². The van der Waals surface area contributed by atoms with Gasteiger partial charge in [-0.05, 0) is 30.4 Å². The number of hydrogen-bond donors (Lipinski definition) is 3. The second-order valence-electron chi connectivity index (χ2n) is 5.43. The third-order valence-electron chi connectivity index (χ3n) is 3.55. The fourth-order valence-electron chi connectivity index (χ4n) is 1.89. The minimum Gasteiger partial charge on any atom is -0.478 e. The van der Waals surface area contributed by atoms with Gasteiger partial charge in [0.15, 0.2) is 0 Å². The summed E-state index contributed by atoms with van der Waals surface area (Å²) in [5.74, 6) is -0.156. The summed E-state index contributed by atoms with van der Waals surface area (Å²) >= 11 is 0. The van der Waals surface area contributed by atoms with E-state index in [0.29, 0.717) is 18.0 Å². The third-order valence-corrected chi connectivity index (χ3v) is 3.55. The summed E-state index contributed by atoms with van der Waals surface area (Å²) in [6.45, 7) is 4.21. The highest BCUT2D eigenvalue weighted by atomic mass is 16.4. The number of rotatable bonds is 5. The summed E-state index contributed by atoms with van der Waals surface area (Å²) in [5, 5.41) is 18.7. The molecular formula is C16H25NO3. The molecule has 3 atom stereocenters. The molecule has 4 N–H and O–H groups in total. The molecule has 2 rings (SSSR count). The molecule has 0 heterocycles. The average Bonchev–Trinajstić information content (AvgIpc) is 3.09. The monoisotopic (exact) mass is 279 g/mol. The predicted octanol–water partition coefficient (Wildman–Crippen LogP) is 2.96. The van der Waals surface area contributed by atoms with Crippen LogP contribution in [-0.2, 0) is 0 Å². The summed E-state index contributed by atoms with van der Waals surface area (Å²) in [4.78, 5) is 10.9. The largest absolute Gasteiger partial charge is 0.478 e. The summed E-state index contributed by atoms with van der Waals surface area (Å²) in [6, 6.07) is 7.16. The molecule has 0 spiro atoms. The molecule has 0 aliphatic heterocycles. The Kier molecular flexibility index (Phi) is 6.68. The Balaban J connectivity index is 0.000000333. The van der Waals surface area contributed by atoms with Crippen molar-refractivity contribution in [2.24, 2.45) is 11.7 Å². The van der Waals surface area contributed by atoms with Gasteiger partial charge in [-0.3, -0.25) is 0 Å². The van der Waals surface area contributed by atoms with Crippen LogP contribution >= 0.6 is 0 Å². The zero-order valence-electron chi connectivity index (χ0n) is 12.2. The van der Waals surface area contributed by atoms with Crippen molar-refractivity contribution in [1.82, 2.24) is 0 Å². The summed E-state index contributed by atoms with van der Waals surface area (Å²) in [6.07, 6.45) is 3.08. The normalized spacial score (nSPS) is 21.6. The highest BCUT2D eigenvalue weighted by molar-refractivity contribution is 5.89. The fraction of sp³-hybridized carbons (Fsp3) is 0.562. The van der Waals surface area contributed by atoms with Gasteiger partial charge in [-0.1, -0.05) is 44.9 Å². The van der Waals surface area contributed by atoms with Crippen LogP contribution in [0, 0.1) is 5.92 Å². The molecule has 0 saturated heterocycles. The molecule has 1 saturated carbocycles. The Hall–Kier alpha value is -1.39. The highest BCUT2D eigenvalue weighted by Crippen LogP contribution is 2.25. The van der Waals surface area contributed by atoms with Crippen LogP contribution < -0.4 is 5.73 Å². The van der Waals surface area contributed by atoms with E-state index < -0.39 is 12.1 Å². The molecular weight excluding hydrogens is 254 g/mol. The van der Waals surface area contributed by atoms with Crippen LogP contribution in [-0.4, -0.2) is 22.2 Å². The number of aromatic carboxylic acids is 1. The minimum atomic E-state index is -0.985. The Bertz CT molecular complexity index is 427. The second-order valence-corrected chi connectivity index (χ2v) is 5.43. The van der Waals surface area contributed by atoms with Crippen molar-refractivity contribution in [2.75, 3.05) is 0 Å². The van der Waals surface area contributed by atoms with Gasteiger partial charge in [-0.2, -0.15) is 0 Å². The predicted molar refractivity (Wildman–Crippen MR) is 79.6 cm³/mol. The molecule has 0 bridgehead atoms. The van der Waals surface area contributed by atoms with Gasteiger partial charge in [0.25, 0.3) is 0 Å². The number of carboxylic acids is 1. The standard InChI is InChI=1S/C12H16O3.C4H9N/c1-2-3-8-11(13)9-6-4-5-7-10(9)12(14)15;1-3-2-4(3)5/h4-7,11,13H,2-3,8H2,1H3,(H,14,15);3-4H,2,5H2,1H3. The van der Waals surface area contributed by atoms with E-state index in [1.165, 1.54) is 12.5 Å². The van der Waals surface area contributed by atoms with Crippen LogP contribution in [0.1, 0.15) is 61.6 Å². The molecule has 1 aromatic rings. The molecule has 0 aromatic heterocycles. The topological polar surface area (TPSA) is 83.5 Å². The molecule has 0 radical (unpaired) electrons. The van der Waals surface area contributed by atoms with Crippen molar-refractivity contribution in [3.8, 4) is 0 Å². The van der Waals surface area contributed by atoms with Crippen LogP contribution in [0.3, 0.4) is 0 Å². The molecule has 4 nitrogen and oxygen atoms in total. The van der Waals surface area contributed by atoms with Crippen LogP contribution in [0.4, 0.5) is 0 Å². The van der Waals surface area contributed by atoms with Gasteiger partial charge < -0.3 is 15.9 Å². The summed E-state index contributed by atoms with van der Waals surface area (Å²) < 4.78 is 0. The minimum absolute atomic E-state index is 0.195. The first-order chi connectivity index (χ1) is 9.47. The van der Waals surface area contributed by atoms with Crippen LogP contribution in [0.5, 0.6) is 0 Å². The van der Waals surface area contributed by atoms with Gasteiger partial charge in [-0.15, -0.1) is 0 Å². The molecule has 20 heavy (non-hydrogen) atoms. The maximum absolute atomic E-state index is 10.9. The van der Waals surface area contributed by atoms with Gasteiger partial charge in [0.05, 0.1) is 11.7 Å². The first kappa shape index (κ1) is 16.7. The number of carbonyl (C=O) groups is 1. The van der Waals surface area contributed by atoms with Crippen molar-refractivity contribution >= 4 is 5.97 Å². The Morgan fingerprint density at radius 3 is 2.45 bits per heavy atom. The number of hydrogen-bond acceptors (Lipinski definition) is 3. The lowest BCUT2D eigenvalue weighted by molar-refractivity contribution is 0.0688. The lowest BCUT2D eigenvalue weighted by atomic mass is 9.99.